The second-order valence-corrected chi connectivity index (χ2v) is 3.69. The van der Waals surface area contributed by atoms with Crippen LogP contribution in [-0.4, -0.2) is 4.98 Å². The average Bonchev–Trinajstić information content (AvgIpc) is 3.06. The molecule has 0 fully saturated rings. The van der Waals surface area contributed by atoms with Crippen molar-refractivity contribution in [1.82, 2.24) is 4.98 Å². The van der Waals surface area contributed by atoms with Gasteiger partial charge >= 0.3 is 0 Å². The van der Waals surface area contributed by atoms with Crippen molar-refractivity contribution in [2.24, 2.45) is 0 Å². The Bertz CT molecular complexity index is 760. The largest absolute Gasteiger partial charge is 0.449 e. The Morgan fingerprint density at radius 1 is 1.12 bits per heavy atom. The van der Waals surface area contributed by atoms with Gasteiger partial charge in [0.25, 0.3) is 0 Å². The number of rotatable bonds is 0. The van der Waals surface area contributed by atoms with Crippen LogP contribution in [0, 0.1) is 0 Å². The number of ether oxygens (including phenoxy) is 1. The molecule has 1 aromatic carbocycles. The number of hydrogen-bond acceptors (Lipinski definition) is 4. The van der Waals surface area contributed by atoms with Crippen molar-refractivity contribution >= 4 is 11.1 Å². The van der Waals surface area contributed by atoms with Gasteiger partial charge in [0.1, 0.15) is 11.2 Å². The van der Waals surface area contributed by atoms with Gasteiger partial charge in [-0.1, -0.05) is 0 Å². The van der Waals surface area contributed by atoms with Crippen LogP contribution in [0.1, 0.15) is 0 Å². The van der Waals surface area contributed by atoms with E-state index in [0.717, 1.165) is 17.0 Å². The standard InChI is InChI=1S/C12H5NO3/c14-6-1-2-7-10(5-6)16-11-8(13-7)3-4-9-12(11)15-9/h1-5H. The Morgan fingerprint density at radius 2 is 2.06 bits per heavy atom. The second kappa shape index (κ2) is 2.41. The summed E-state index contributed by atoms with van der Waals surface area (Å²) in [6.45, 7) is 0. The van der Waals surface area contributed by atoms with Crippen LogP contribution in [0.5, 0.6) is 11.5 Å². The third-order valence-corrected chi connectivity index (χ3v) is 2.61. The SMILES string of the molecule is O=c1ccc2nc3ccc4c(c3oc-2c1)O4. The van der Waals surface area contributed by atoms with Crippen molar-refractivity contribution in [3.63, 3.8) is 0 Å². The highest BCUT2D eigenvalue weighted by Crippen LogP contribution is 2.50. The first-order chi connectivity index (χ1) is 7.81. The number of benzene rings is 2. The zero-order valence-electron chi connectivity index (χ0n) is 8.06. The van der Waals surface area contributed by atoms with Crippen molar-refractivity contribution in [1.29, 1.82) is 0 Å². The monoisotopic (exact) mass is 211 g/mol. The van der Waals surface area contributed by atoms with Crippen LogP contribution in [0.25, 0.3) is 22.6 Å². The van der Waals surface area contributed by atoms with E-state index >= 15 is 0 Å². The fraction of sp³-hybridized carbons (Fsp3) is 0. The van der Waals surface area contributed by atoms with Gasteiger partial charge in [0.15, 0.2) is 22.5 Å². The van der Waals surface area contributed by atoms with E-state index in [1.54, 1.807) is 6.07 Å². The third-order valence-electron chi connectivity index (χ3n) is 2.61. The molecule has 0 amide bonds. The van der Waals surface area contributed by atoms with Crippen molar-refractivity contribution in [2.45, 2.75) is 0 Å². The molecule has 2 aliphatic heterocycles. The summed E-state index contributed by atoms with van der Waals surface area (Å²) in [5.41, 5.74) is 1.93. The molecule has 0 bridgehead atoms. The Morgan fingerprint density at radius 3 is 3.00 bits per heavy atom. The Kier molecular flexibility index (Phi) is 1.19. The van der Waals surface area contributed by atoms with Crippen LogP contribution in [0.2, 0.25) is 0 Å². The lowest BCUT2D eigenvalue weighted by atomic mass is 10.2. The lowest BCUT2D eigenvalue weighted by Crippen LogP contribution is -1.98. The summed E-state index contributed by atoms with van der Waals surface area (Å²) in [6.07, 6.45) is 0. The van der Waals surface area contributed by atoms with Crippen LogP contribution in [-0.2, 0) is 0 Å². The first-order valence-corrected chi connectivity index (χ1v) is 4.87. The normalized spacial score (nSPS) is 12.5. The summed E-state index contributed by atoms with van der Waals surface area (Å²) in [5, 5.41) is 0. The third kappa shape index (κ3) is 0.930. The summed E-state index contributed by atoms with van der Waals surface area (Å²) in [6, 6.07) is 8.27. The molecular formula is C12H5NO3. The number of nitrogens with zero attached hydrogens (tertiary/aromatic N) is 1. The highest BCUT2D eigenvalue weighted by molar-refractivity contribution is 5.89. The van der Waals surface area contributed by atoms with Crippen LogP contribution in [0.3, 0.4) is 0 Å². The van der Waals surface area contributed by atoms with E-state index < -0.39 is 0 Å². The molecule has 0 N–H and O–H groups in total. The summed E-state index contributed by atoms with van der Waals surface area (Å²) in [4.78, 5) is 15.6. The molecule has 0 aromatic heterocycles. The average molecular weight is 211 g/mol. The Labute approximate surface area is 89.4 Å². The van der Waals surface area contributed by atoms with E-state index in [4.69, 9.17) is 9.15 Å². The first kappa shape index (κ1) is 7.87. The minimum atomic E-state index is -0.0877. The quantitative estimate of drug-likeness (QED) is 0.331. The first-order valence-electron chi connectivity index (χ1n) is 4.87. The van der Waals surface area contributed by atoms with Crippen molar-refractivity contribution in [3.8, 4) is 23.0 Å². The fourth-order valence-electron chi connectivity index (χ4n) is 1.79. The Hall–Kier alpha value is -2.36. The van der Waals surface area contributed by atoms with E-state index in [1.807, 2.05) is 12.1 Å². The minimum absolute atomic E-state index is 0.0877. The van der Waals surface area contributed by atoms with Crippen LogP contribution in [0.4, 0.5) is 0 Å². The molecule has 4 heteroatoms. The molecular weight excluding hydrogens is 206 g/mol. The summed E-state index contributed by atoms with van der Waals surface area (Å²) >= 11 is 0. The molecule has 2 heterocycles. The molecule has 0 atom stereocenters. The zero-order chi connectivity index (χ0) is 10.7. The van der Waals surface area contributed by atoms with Gasteiger partial charge in [-0.15, -0.1) is 0 Å². The van der Waals surface area contributed by atoms with E-state index in [0.29, 0.717) is 17.0 Å². The maximum absolute atomic E-state index is 11.2. The highest BCUT2D eigenvalue weighted by Gasteiger charge is 2.26. The molecule has 16 heavy (non-hydrogen) atoms. The maximum atomic E-state index is 11.2. The van der Waals surface area contributed by atoms with Gasteiger partial charge < -0.3 is 9.15 Å². The molecule has 1 aromatic rings. The molecule has 3 aliphatic rings. The fourth-order valence-corrected chi connectivity index (χ4v) is 1.79. The van der Waals surface area contributed by atoms with Crippen LogP contribution < -0.4 is 10.2 Å². The minimum Gasteiger partial charge on any atom is -0.449 e. The molecule has 0 spiro atoms. The lowest BCUT2D eigenvalue weighted by molar-refractivity contribution is 0.590. The van der Waals surface area contributed by atoms with E-state index in [9.17, 15) is 4.79 Å². The lowest BCUT2D eigenvalue weighted by Gasteiger charge is -2.02. The predicted molar refractivity (Wildman–Crippen MR) is 57.0 cm³/mol. The van der Waals surface area contributed by atoms with Gasteiger partial charge in [-0.3, -0.25) is 4.79 Å². The van der Waals surface area contributed by atoms with Crippen LogP contribution in [0.15, 0.2) is 39.5 Å². The molecule has 4 nitrogen and oxygen atoms in total. The number of fused-ring (bicyclic) bond motifs is 4. The second-order valence-electron chi connectivity index (χ2n) is 3.69. The van der Waals surface area contributed by atoms with Crippen molar-refractivity contribution in [3.05, 3.63) is 40.6 Å². The summed E-state index contributed by atoms with van der Waals surface area (Å²) < 4.78 is 10.8. The predicted octanol–water partition coefficient (Wildman–Crippen LogP) is 2.40. The van der Waals surface area contributed by atoms with Crippen molar-refractivity contribution in [2.75, 3.05) is 0 Å². The maximum Gasteiger partial charge on any atom is 0.214 e. The summed E-state index contributed by atoms with van der Waals surface area (Å²) in [5.74, 6) is 2.03. The molecule has 0 saturated carbocycles. The summed E-state index contributed by atoms with van der Waals surface area (Å²) in [7, 11) is 0. The van der Waals surface area contributed by atoms with Crippen LogP contribution >= 0.6 is 0 Å². The zero-order valence-corrected chi connectivity index (χ0v) is 8.06. The molecule has 0 saturated heterocycles. The van der Waals surface area contributed by atoms with Gasteiger partial charge in [-0.25, -0.2) is 4.98 Å². The van der Waals surface area contributed by atoms with E-state index in [2.05, 4.69) is 4.98 Å². The number of hydrogen-bond donors (Lipinski definition) is 0. The van der Waals surface area contributed by atoms with Gasteiger partial charge in [-0.2, -0.15) is 0 Å². The van der Waals surface area contributed by atoms with Gasteiger partial charge in [0.2, 0.25) is 5.75 Å². The molecule has 76 valence electrons. The number of aromatic nitrogens is 1. The highest BCUT2D eigenvalue weighted by atomic mass is 16.6. The molecule has 0 radical (unpaired) electrons. The molecule has 0 unspecified atom stereocenters. The van der Waals surface area contributed by atoms with E-state index in [1.165, 1.54) is 12.1 Å². The van der Waals surface area contributed by atoms with Gasteiger partial charge in [0, 0.05) is 6.07 Å². The topological polar surface area (TPSA) is 55.6 Å². The Balaban J connectivity index is 2.22. The molecule has 4 rings (SSSR count). The smallest absolute Gasteiger partial charge is 0.214 e. The van der Waals surface area contributed by atoms with Crippen molar-refractivity contribution < 1.29 is 9.15 Å². The molecule has 1 aliphatic carbocycles. The van der Waals surface area contributed by atoms with E-state index in [-0.39, 0.29) is 5.43 Å². The van der Waals surface area contributed by atoms with Gasteiger partial charge in [-0.05, 0) is 24.3 Å². The van der Waals surface area contributed by atoms with Gasteiger partial charge in [0.05, 0.1) is 0 Å².